The van der Waals surface area contributed by atoms with Crippen molar-refractivity contribution in [3.05, 3.63) is 46.5 Å². The Hall–Kier alpha value is -2.22. The van der Waals surface area contributed by atoms with Crippen molar-refractivity contribution >= 4 is 5.78 Å². The van der Waals surface area contributed by atoms with Gasteiger partial charge in [-0.25, -0.2) is 0 Å². The number of hydrogen-bond acceptors (Lipinski definition) is 4. The van der Waals surface area contributed by atoms with Crippen molar-refractivity contribution in [2.75, 3.05) is 6.61 Å². The van der Waals surface area contributed by atoms with E-state index in [9.17, 15) is 23.1 Å². The molecule has 0 bridgehead atoms. The molecule has 0 radical (unpaired) electrons. The number of aromatic nitrogens is 3. The van der Waals surface area contributed by atoms with Gasteiger partial charge >= 0.3 is 6.18 Å². The summed E-state index contributed by atoms with van der Waals surface area (Å²) >= 11 is 0. The maximum atomic E-state index is 13.4. The van der Waals surface area contributed by atoms with E-state index >= 15 is 0 Å². The smallest absolute Gasteiger partial charge is 0.396 e. The Bertz CT molecular complexity index is 930. The summed E-state index contributed by atoms with van der Waals surface area (Å²) in [6.07, 6.45) is -2.18. The SMILES string of the molecule is Cc1ccc(CC(=O)C[C@@H](CCO)c2nnc(CCCC(C)(C)C)n2CC(F)(F)F)c(C)c1. The largest absolute Gasteiger partial charge is 0.406 e. The lowest BCUT2D eigenvalue weighted by Crippen LogP contribution is -2.24. The summed E-state index contributed by atoms with van der Waals surface area (Å²) < 4.78 is 41.2. The number of rotatable bonds is 11. The number of aryl methyl sites for hydroxylation is 3. The maximum Gasteiger partial charge on any atom is 0.406 e. The lowest BCUT2D eigenvalue weighted by Gasteiger charge is -2.20. The van der Waals surface area contributed by atoms with Gasteiger partial charge in [-0.05, 0) is 49.7 Å². The van der Waals surface area contributed by atoms with Crippen molar-refractivity contribution in [1.82, 2.24) is 14.8 Å². The summed E-state index contributed by atoms with van der Waals surface area (Å²) in [6, 6.07) is 5.84. The van der Waals surface area contributed by atoms with Crippen molar-refractivity contribution < 1.29 is 23.1 Å². The first-order valence-corrected chi connectivity index (χ1v) is 11.5. The molecule has 0 unspecified atom stereocenters. The van der Waals surface area contributed by atoms with Crippen LogP contribution in [0.3, 0.4) is 0 Å². The molecule has 0 aliphatic carbocycles. The van der Waals surface area contributed by atoms with E-state index in [1.807, 2.05) is 32.0 Å². The second-order valence-electron chi connectivity index (χ2n) is 10.1. The Balaban J connectivity index is 2.25. The van der Waals surface area contributed by atoms with Crippen LogP contribution in [0.2, 0.25) is 0 Å². The summed E-state index contributed by atoms with van der Waals surface area (Å²) in [6.45, 7) is 8.70. The third-order valence-electron chi connectivity index (χ3n) is 5.72. The predicted octanol–water partition coefficient (Wildman–Crippen LogP) is 5.49. The highest BCUT2D eigenvalue weighted by atomic mass is 19.4. The van der Waals surface area contributed by atoms with Crippen molar-refractivity contribution in [2.45, 2.75) is 91.8 Å². The molecule has 1 atom stereocenters. The third kappa shape index (κ3) is 8.91. The van der Waals surface area contributed by atoms with Gasteiger partial charge in [0.15, 0.2) is 0 Å². The second kappa shape index (κ2) is 11.3. The van der Waals surface area contributed by atoms with Gasteiger partial charge in [0.25, 0.3) is 0 Å². The average molecular weight is 468 g/mol. The number of aliphatic hydroxyl groups is 1. The number of aliphatic hydroxyl groups excluding tert-OH is 1. The highest BCUT2D eigenvalue weighted by Crippen LogP contribution is 2.29. The van der Waals surface area contributed by atoms with Crippen molar-refractivity contribution in [3.63, 3.8) is 0 Å². The monoisotopic (exact) mass is 467 g/mol. The standard InChI is InChI=1S/C25H36F3N3O2/c1-17-8-9-19(18(2)13-17)14-21(33)15-20(10-12-32)23-30-29-22(7-6-11-24(3,4)5)31(23)16-25(26,27)28/h8-9,13,20,32H,6-7,10-12,14-16H2,1-5H3/t20-/m1/s1. The number of alkyl halides is 3. The minimum Gasteiger partial charge on any atom is -0.396 e. The van der Waals surface area contributed by atoms with Gasteiger partial charge in [0.1, 0.15) is 24.0 Å². The molecule has 2 aromatic rings. The lowest BCUT2D eigenvalue weighted by atomic mass is 9.90. The van der Waals surface area contributed by atoms with Gasteiger partial charge in [0, 0.05) is 31.8 Å². The molecule has 1 N–H and O–H groups in total. The van der Waals surface area contributed by atoms with Crippen molar-refractivity contribution in [3.8, 4) is 0 Å². The Morgan fingerprint density at radius 2 is 1.85 bits per heavy atom. The molecular weight excluding hydrogens is 431 g/mol. The number of ketones is 1. The van der Waals surface area contributed by atoms with Gasteiger partial charge in [-0.2, -0.15) is 13.2 Å². The Kier molecular flexibility index (Phi) is 9.23. The first-order chi connectivity index (χ1) is 15.3. The molecule has 1 heterocycles. The van der Waals surface area contributed by atoms with E-state index in [0.29, 0.717) is 12.8 Å². The fourth-order valence-electron chi connectivity index (χ4n) is 4.05. The molecule has 0 spiro atoms. The van der Waals surface area contributed by atoms with Crippen LogP contribution in [0.4, 0.5) is 13.2 Å². The summed E-state index contributed by atoms with van der Waals surface area (Å²) in [4.78, 5) is 12.8. The van der Waals surface area contributed by atoms with Gasteiger partial charge in [-0.3, -0.25) is 4.79 Å². The predicted molar refractivity (Wildman–Crippen MR) is 122 cm³/mol. The van der Waals surface area contributed by atoms with E-state index in [1.54, 1.807) is 0 Å². The van der Waals surface area contributed by atoms with E-state index in [4.69, 9.17) is 0 Å². The van der Waals surface area contributed by atoms with E-state index < -0.39 is 18.6 Å². The molecule has 0 fully saturated rings. The second-order valence-corrected chi connectivity index (χ2v) is 10.1. The van der Waals surface area contributed by atoms with Gasteiger partial charge in [0.05, 0.1) is 0 Å². The van der Waals surface area contributed by atoms with Gasteiger partial charge in [0.2, 0.25) is 0 Å². The summed E-state index contributed by atoms with van der Waals surface area (Å²) in [7, 11) is 0. The molecule has 184 valence electrons. The Morgan fingerprint density at radius 1 is 1.15 bits per heavy atom. The average Bonchev–Trinajstić information content (AvgIpc) is 3.03. The molecular formula is C25H36F3N3O2. The van der Waals surface area contributed by atoms with Crippen LogP contribution in [0.15, 0.2) is 18.2 Å². The quantitative estimate of drug-likeness (QED) is 0.474. The number of carbonyl (C=O) groups is 1. The number of nitrogens with zero attached hydrogens (tertiary/aromatic N) is 3. The van der Waals surface area contributed by atoms with Crippen LogP contribution in [0, 0.1) is 19.3 Å². The van der Waals surface area contributed by atoms with Gasteiger partial charge < -0.3 is 9.67 Å². The van der Waals surface area contributed by atoms with Gasteiger partial charge in [-0.15, -0.1) is 10.2 Å². The van der Waals surface area contributed by atoms with Crippen LogP contribution in [-0.2, 0) is 24.2 Å². The number of hydrogen-bond donors (Lipinski definition) is 1. The van der Waals surface area contributed by atoms with Crippen molar-refractivity contribution in [2.24, 2.45) is 5.41 Å². The molecule has 0 saturated carbocycles. The van der Waals surface area contributed by atoms with Crippen LogP contribution in [0.1, 0.15) is 80.7 Å². The van der Waals surface area contributed by atoms with Crippen LogP contribution in [0.25, 0.3) is 0 Å². The fraction of sp³-hybridized carbons (Fsp3) is 0.640. The summed E-state index contributed by atoms with van der Waals surface area (Å²) in [5, 5.41) is 17.7. The number of carbonyl (C=O) groups excluding carboxylic acids is 1. The van der Waals surface area contributed by atoms with E-state index in [2.05, 4.69) is 31.0 Å². The molecule has 2 rings (SSSR count). The lowest BCUT2D eigenvalue weighted by molar-refractivity contribution is -0.141. The normalized spacial score (nSPS) is 13.4. The molecule has 0 aliphatic rings. The highest BCUT2D eigenvalue weighted by molar-refractivity contribution is 5.82. The Labute approximate surface area is 194 Å². The molecule has 5 nitrogen and oxygen atoms in total. The minimum atomic E-state index is -4.44. The summed E-state index contributed by atoms with van der Waals surface area (Å²) in [5.74, 6) is -0.326. The first kappa shape index (κ1) is 27.0. The molecule has 0 aliphatic heterocycles. The minimum absolute atomic E-state index is 0.00581. The maximum absolute atomic E-state index is 13.4. The molecule has 0 amide bonds. The molecule has 8 heteroatoms. The zero-order valence-electron chi connectivity index (χ0n) is 20.3. The fourth-order valence-corrected chi connectivity index (χ4v) is 4.05. The molecule has 0 saturated heterocycles. The van der Waals surface area contributed by atoms with Crippen LogP contribution in [-0.4, -0.2) is 38.4 Å². The van der Waals surface area contributed by atoms with E-state index in [1.165, 1.54) is 0 Å². The number of Topliss-reactive ketones (excluding diaryl/α,β-unsaturated/α-hetero) is 1. The topological polar surface area (TPSA) is 68.0 Å². The highest BCUT2D eigenvalue weighted by Gasteiger charge is 2.33. The van der Waals surface area contributed by atoms with Crippen LogP contribution >= 0.6 is 0 Å². The molecule has 1 aromatic heterocycles. The van der Waals surface area contributed by atoms with Crippen LogP contribution < -0.4 is 0 Å². The summed E-state index contributed by atoms with van der Waals surface area (Å²) in [5.41, 5.74) is 3.06. The first-order valence-electron chi connectivity index (χ1n) is 11.5. The van der Waals surface area contributed by atoms with Crippen molar-refractivity contribution in [1.29, 1.82) is 0 Å². The molecule has 33 heavy (non-hydrogen) atoms. The number of benzene rings is 1. The zero-order valence-corrected chi connectivity index (χ0v) is 20.3. The Morgan fingerprint density at radius 3 is 2.42 bits per heavy atom. The van der Waals surface area contributed by atoms with E-state index in [0.717, 1.165) is 27.7 Å². The number of halogens is 3. The van der Waals surface area contributed by atoms with Gasteiger partial charge in [-0.1, -0.05) is 44.5 Å². The third-order valence-corrected chi connectivity index (χ3v) is 5.72. The molecule has 1 aromatic carbocycles. The zero-order chi connectivity index (χ0) is 24.8. The van der Waals surface area contributed by atoms with E-state index in [-0.39, 0.29) is 48.7 Å². The van der Waals surface area contributed by atoms with Crippen LogP contribution in [0.5, 0.6) is 0 Å².